The number of benzene rings is 2. The van der Waals surface area contributed by atoms with Gasteiger partial charge in [-0.2, -0.15) is 0 Å². The maximum Gasteiger partial charge on any atom is 0.328 e. The van der Waals surface area contributed by atoms with Crippen molar-refractivity contribution in [1.29, 1.82) is 0 Å². The molecule has 0 aliphatic carbocycles. The van der Waals surface area contributed by atoms with Crippen molar-refractivity contribution in [2.75, 3.05) is 34.2 Å². The highest BCUT2D eigenvalue weighted by Crippen LogP contribution is 2.31. The number of carbonyl (C=O) groups excluding carboxylic acids is 1. The number of amides is 1. The number of carbonyl (C=O) groups is 3. The molecule has 0 aliphatic heterocycles. The topological polar surface area (TPSA) is 98.2 Å². The third-order valence-corrected chi connectivity index (χ3v) is 4.84. The Kier molecular flexibility index (Phi) is 11.0. The molecule has 0 bridgehead atoms. The molecule has 1 amide bonds. The Labute approximate surface area is 184 Å². The minimum absolute atomic E-state index is 0.00272. The number of hydrogen-bond acceptors (Lipinski definition) is 5. The van der Waals surface area contributed by atoms with Crippen LogP contribution in [0.15, 0.2) is 70.5 Å². The van der Waals surface area contributed by atoms with Gasteiger partial charge >= 0.3 is 11.9 Å². The van der Waals surface area contributed by atoms with Crippen molar-refractivity contribution in [3.63, 3.8) is 0 Å². The molecule has 0 spiro atoms. The number of halogens is 1. The second kappa shape index (κ2) is 13.2. The standard InChI is InChI=1S/C18H21FN2OS.C4H4O4/c1-20(2)12-13-21(3)18(22)16-6-4-5-7-17(16)23-15-10-8-14(19)9-11-15;5-3(6)1-2-4(7)8/h4-11H,12-13H2,1-3H3;1-2H,(H,5,6)(H,7,8)/b;2-1-. The largest absolute Gasteiger partial charge is 0.478 e. The normalized spacial score (nSPS) is 10.5. The molecule has 166 valence electrons. The number of carboxylic acids is 2. The summed E-state index contributed by atoms with van der Waals surface area (Å²) < 4.78 is 13.0. The van der Waals surface area contributed by atoms with Gasteiger partial charge in [0, 0.05) is 42.1 Å². The van der Waals surface area contributed by atoms with Crippen molar-refractivity contribution >= 4 is 29.6 Å². The smallest absolute Gasteiger partial charge is 0.328 e. The first-order valence-corrected chi connectivity index (χ1v) is 9.98. The quantitative estimate of drug-likeness (QED) is 0.598. The predicted molar refractivity (Wildman–Crippen MR) is 117 cm³/mol. The third kappa shape index (κ3) is 10.4. The van der Waals surface area contributed by atoms with E-state index in [-0.39, 0.29) is 11.7 Å². The van der Waals surface area contributed by atoms with Crippen LogP contribution >= 0.6 is 11.8 Å². The molecule has 2 aromatic rings. The zero-order valence-corrected chi connectivity index (χ0v) is 18.3. The molecule has 0 saturated carbocycles. The summed E-state index contributed by atoms with van der Waals surface area (Å²) in [5.41, 5.74) is 0.670. The first kappa shape index (κ1) is 25.9. The van der Waals surface area contributed by atoms with Crippen LogP contribution < -0.4 is 0 Å². The van der Waals surface area contributed by atoms with E-state index in [1.807, 2.05) is 50.3 Å². The number of rotatable bonds is 8. The van der Waals surface area contributed by atoms with E-state index in [9.17, 15) is 18.8 Å². The second-order valence-electron chi connectivity index (χ2n) is 6.59. The van der Waals surface area contributed by atoms with E-state index in [1.165, 1.54) is 23.9 Å². The number of likely N-dealkylation sites (N-methyl/N-ethyl adjacent to an activating group) is 2. The highest BCUT2D eigenvalue weighted by molar-refractivity contribution is 7.99. The van der Waals surface area contributed by atoms with E-state index < -0.39 is 11.9 Å². The van der Waals surface area contributed by atoms with Gasteiger partial charge in [0.2, 0.25) is 0 Å². The number of nitrogens with zero attached hydrogens (tertiary/aromatic N) is 2. The fourth-order valence-electron chi connectivity index (χ4n) is 2.16. The summed E-state index contributed by atoms with van der Waals surface area (Å²) in [6.07, 6.45) is 1.12. The third-order valence-electron chi connectivity index (χ3n) is 3.76. The van der Waals surface area contributed by atoms with Crippen LogP contribution in [0.25, 0.3) is 0 Å². The maximum atomic E-state index is 13.0. The maximum absolute atomic E-state index is 13.0. The second-order valence-corrected chi connectivity index (χ2v) is 7.71. The molecule has 2 aromatic carbocycles. The van der Waals surface area contributed by atoms with Gasteiger partial charge in [-0.05, 0) is 50.5 Å². The summed E-state index contributed by atoms with van der Waals surface area (Å²) in [6.45, 7) is 1.48. The molecule has 0 unspecified atom stereocenters. The molecule has 0 radical (unpaired) electrons. The molecule has 0 aromatic heterocycles. The fourth-order valence-corrected chi connectivity index (χ4v) is 3.10. The van der Waals surface area contributed by atoms with Gasteiger partial charge in [-0.1, -0.05) is 23.9 Å². The molecule has 0 atom stereocenters. The number of aliphatic carboxylic acids is 2. The highest BCUT2D eigenvalue weighted by Gasteiger charge is 2.16. The van der Waals surface area contributed by atoms with Gasteiger partial charge in [0.05, 0.1) is 5.56 Å². The summed E-state index contributed by atoms with van der Waals surface area (Å²) in [4.78, 5) is 37.3. The van der Waals surface area contributed by atoms with Gasteiger partial charge in [0.15, 0.2) is 0 Å². The summed E-state index contributed by atoms with van der Waals surface area (Å²) in [5.74, 6) is -2.78. The summed E-state index contributed by atoms with van der Waals surface area (Å²) in [5, 5.41) is 15.6. The Balaban J connectivity index is 0.000000512. The predicted octanol–water partition coefficient (Wildman–Crippen LogP) is 3.32. The molecule has 2 rings (SSSR count). The Morgan fingerprint density at radius 1 is 0.903 bits per heavy atom. The van der Waals surface area contributed by atoms with Crippen LogP contribution in [0.4, 0.5) is 4.39 Å². The first-order valence-electron chi connectivity index (χ1n) is 9.16. The lowest BCUT2D eigenvalue weighted by Crippen LogP contribution is -2.33. The van der Waals surface area contributed by atoms with E-state index >= 15 is 0 Å². The molecule has 9 heteroatoms. The zero-order valence-electron chi connectivity index (χ0n) is 17.5. The number of hydrogen-bond donors (Lipinski definition) is 2. The SMILES string of the molecule is CN(C)CCN(C)C(=O)c1ccccc1Sc1ccc(F)cc1.O=C(O)/C=C\C(=O)O. The van der Waals surface area contributed by atoms with Crippen LogP contribution in [-0.2, 0) is 9.59 Å². The van der Waals surface area contributed by atoms with Crippen LogP contribution in [0, 0.1) is 5.82 Å². The molecule has 0 aliphatic rings. The lowest BCUT2D eigenvalue weighted by Gasteiger charge is -2.21. The van der Waals surface area contributed by atoms with Crippen molar-refractivity contribution in [1.82, 2.24) is 9.80 Å². The molecule has 0 fully saturated rings. The van der Waals surface area contributed by atoms with Gasteiger partial charge < -0.3 is 20.0 Å². The summed E-state index contributed by atoms with van der Waals surface area (Å²) in [6, 6.07) is 13.8. The average Bonchev–Trinajstić information content (AvgIpc) is 2.72. The van der Waals surface area contributed by atoms with Gasteiger partial charge in [0.1, 0.15) is 5.82 Å². The zero-order chi connectivity index (χ0) is 23.4. The van der Waals surface area contributed by atoms with Crippen LogP contribution in [0.3, 0.4) is 0 Å². The lowest BCUT2D eigenvalue weighted by atomic mass is 10.2. The van der Waals surface area contributed by atoms with E-state index in [0.717, 1.165) is 16.3 Å². The van der Waals surface area contributed by atoms with Crippen molar-refractivity contribution in [2.24, 2.45) is 0 Å². The molecule has 31 heavy (non-hydrogen) atoms. The van der Waals surface area contributed by atoms with Gasteiger partial charge in [-0.3, -0.25) is 4.79 Å². The van der Waals surface area contributed by atoms with E-state index in [4.69, 9.17) is 10.2 Å². The van der Waals surface area contributed by atoms with Crippen molar-refractivity contribution < 1.29 is 29.0 Å². The van der Waals surface area contributed by atoms with Crippen LogP contribution in [-0.4, -0.2) is 72.1 Å². The molecule has 0 heterocycles. The van der Waals surface area contributed by atoms with E-state index in [2.05, 4.69) is 0 Å². The van der Waals surface area contributed by atoms with E-state index in [0.29, 0.717) is 24.3 Å². The minimum atomic E-state index is -1.26. The van der Waals surface area contributed by atoms with Gasteiger partial charge in [-0.25, -0.2) is 14.0 Å². The monoisotopic (exact) mass is 448 g/mol. The lowest BCUT2D eigenvalue weighted by molar-refractivity contribution is -0.134. The van der Waals surface area contributed by atoms with Crippen molar-refractivity contribution in [2.45, 2.75) is 9.79 Å². The fraction of sp³-hybridized carbons (Fsp3) is 0.227. The molecular formula is C22H25FN2O5S. The van der Waals surface area contributed by atoms with Gasteiger partial charge in [0.25, 0.3) is 5.91 Å². The Morgan fingerprint density at radius 2 is 1.45 bits per heavy atom. The van der Waals surface area contributed by atoms with Crippen LogP contribution in [0.2, 0.25) is 0 Å². The van der Waals surface area contributed by atoms with Gasteiger partial charge in [-0.15, -0.1) is 0 Å². The first-order chi connectivity index (χ1) is 14.6. The van der Waals surface area contributed by atoms with Crippen LogP contribution in [0.1, 0.15) is 10.4 Å². The highest BCUT2D eigenvalue weighted by atomic mass is 32.2. The minimum Gasteiger partial charge on any atom is -0.478 e. The average molecular weight is 449 g/mol. The molecule has 0 saturated heterocycles. The summed E-state index contributed by atoms with van der Waals surface area (Å²) >= 11 is 1.47. The van der Waals surface area contributed by atoms with Crippen molar-refractivity contribution in [3.05, 3.63) is 72.1 Å². The Morgan fingerprint density at radius 3 is 1.97 bits per heavy atom. The Hall–Kier alpha value is -3.17. The molecule has 7 nitrogen and oxygen atoms in total. The molecule has 2 N–H and O–H groups in total. The van der Waals surface area contributed by atoms with Crippen LogP contribution in [0.5, 0.6) is 0 Å². The van der Waals surface area contributed by atoms with E-state index in [1.54, 1.807) is 17.0 Å². The summed E-state index contributed by atoms with van der Waals surface area (Å²) in [7, 11) is 5.78. The van der Waals surface area contributed by atoms with Crippen molar-refractivity contribution in [3.8, 4) is 0 Å². The molecular weight excluding hydrogens is 423 g/mol. The number of carboxylic acid groups (broad SMARTS) is 2. The Bertz CT molecular complexity index is 900.